The van der Waals surface area contributed by atoms with Gasteiger partial charge < -0.3 is 4.57 Å². The SMILES string of the molecule is O=C(NN1C(=O)/C(=C/c2cn(Cc3c(Cl)cccc3Cl)c3ccccc23)SC1=S)c1ccccc1. The highest BCUT2D eigenvalue weighted by atomic mass is 35.5. The van der Waals surface area contributed by atoms with E-state index in [9.17, 15) is 9.59 Å². The van der Waals surface area contributed by atoms with Crippen molar-refractivity contribution in [3.05, 3.63) is 111 Å². The van der Waals surface area contributed by atoms with Gasteiger partial charge in [0.05, 0.1) is 11.4 Å². The molecule has 4 aromatic rings. The lowest BCUT2D eigenvalue weighted by Crippen LogP contribution is -2.44. The zero-order chi connectivity index (χ0) is 24.5. The largest absolute Gasteiger partial charge is 0.342 e. The molecular formula is C26H17Cl2N3O2S2. The Morgan fingerprint density at radius 3 is 2.40 bits per heavy atom. The van der Waals surface area contributed by atoms with Gasteiger partial charge in [-0.2, -0.15) is 5.01 Å². The molecule has 1 saturated heterocycles. The first kappa shape index (κ1) is 23.6. The van der Waals surface area contributed by atoms with Crippen LogP contribution in [0.2, 0.25) is 10.0 Å². The van der Waals surface area contributed by atoms with E-state index in [0.29, 0.717) is 27.1 Å². The van der Waals surface area contributed by atoms with Crippen molar-refractivity contribution in [1.29, 1.82) is 0 Å². The number of carbonyl (C=O) groups is 2. The standard InChI is InChI=1S/C26H17Cl2N3O2S2/c27-20-10-6-11-21(28)19(20)15-30-14-17(18-9-4-5-12-22(18)30)13-23-25(33)31(26(34)35-23)29-24(32)16-7-2-1-3-8-16/h1-14H,15H2,(H,29,32)/b23-13-. The van der Waals surface area contributed by atoms with Crippen molar-refractivity contribution in [3.63, 3.8) is 0 Å². The number of thiocarbonyl (C=S) groups is 1. The number of aromatic nitrogens is 1. The van der Waals surface area contributed by atoms with Crippen LogP contribution in [0.25, 0.3) is 17.0 Å². The molecule has 0 unspecified atom stereocenters. The quantitative estimate of drug-likeness (QED) is 0.232. The molecule has 1 aromatic heterocycles. The second-order valence-corrected chi connectivity index (χ2v) is 10.2. The summed E-state index contributed by atoms with van der Waals surface area (Å²) in [6.07, 6.45) is 3.75. The molecule has 5 nitrogen and oxygen atoms in total. The van der Waals surface area contributed by atoms with Crippen LogP contribution in [-0.2, 0) is 11.3 Å². The molecule has 35 heavy (non-hydrogen) atoms. The van der Waals surface area contributed by atoms with Gasteiger partial charge in [0.25, 0.3) is 11.8 Å². The zero-order valence-corrected chi connectivity index (χ0v) is 21.2. The van der Waals surface area contributed by atoms with E-state index < -0.39 is 5.91 Å². The van der Waals surface area contributed by atoms with Crippen LogP contribution in [0.3, 0.4) is 0 Å². The Labute approximate surface area is 221 Å². The average molecular weight is 538 g/mol. The van der Waals surface area contributed by atoms with Crippen LogP contribution in [-0.4, -0.2) is 25.7 Å². The summed E-state index contributed by atoms with van der Waals surface area (Å²) in [7, 11) is 0. The molecule has 2 amide bonds. The van der Waals surface area contributed by atoms with Crippen molar-refractivity contribution >= 4 is 80.3 Å². The van der Waals surface area contributed by atoms with Crippen LogP contribution in [0.15, 0.2) is 83.9 Å². The van der Waals surface area contributed by atoms with Crippen molar-refractivity contribution in [2.75, 3.05) is 0 Å². The Morgan fingerprint density at radius 2 is 1.66 bits per heavy atom. The predicted octanol–water partition coefficient (Wildman–Crippen LogP) is 6.54. The van der Waals surface area contributed by atoms with Gasteiger partial charge in [0.2, 0.25) is 0 Å². The second kappa shape index (κ2) is 9.87. The normalized spacial score (nSPS) is 14.8. The van der Waals surface area contributed by atoms with Crippen LogP contribution in [0.5, 0.6) is 0 Å². The van der Waals surface area contributed by atoms with E-state index in [0.717, 1.165) is 38.8 Å². The lowest BCUT2D eigenvalue weighted by atomic mass is 10.1. The van der Waals surface area contributed by atoms with Crippen LogP contribution in [0.4, 0.5) is 0 Å². The first-order valence-corrected chi connectivity index (χ1v) is 12.5. The fourth-order valence-corrected chi connectivity index (χ4v) is 5.52. The van der Waals surface area contributed by atoms with Gasteiger partial charge in [0, 0.05) is 43.8 Å². The van der Waals surface area contributed by atoms with Gasteiger partial charge in [0.15, 0.2) is 4.32 Å². The number of rotatable bonds is 5. The van der Waals surface area contributed by atoms with Gasteiger partial charge in [-0.3, -0.25) is 15.0 Å². The number of carbonyl (C=O) groups excluding carboxylic acids is 2. The van der Waals surface area contributed by atoms with Crippen molar-refractivity contribution < 1.29 is 9.59 Å². The number of para-hydroxylation sites is 1. The molecule has 0 spiro atoms. The van der Waals surface area contributed by atoms with Crippen molar-refractivity contribution in [2.45, 2.75) is 6.54 Å². The third-order valence-electron chi connectivity index (χ3n) is 5.54. The third kappa shape index (κ3) is 4.73. The summed E-state index contributed by atoms with van der Waals surface area (Å²) in [5, 5.41) is 3.26. The van der Waals surface area contributed by atoms with Gasteiger partial charge in [-0.25, -0.2) is 0 Å². The maximum atomic E-state index is 13.1. The first-order valence-electron chi connectivity index (χ1n) is 10.6. The number of nitrogens with one attached hydrogen (secondary N) is 1. The molecule has 1 N–H and O–H groups in total. The second-order valence-electron chi connectivity index (χ2n) is 7.75. The minimum absolute atomic E-state index is 0.261. The molecule has 1 aliphatic heterocycles. The molecule has 1 aliphatic rings. The molecule has 9 heteroatoms. The number of hydrazine groups is 1. The number of benzene rings is 3. The molecular weight excluding hydrogens is 521 g/mol. The molecule has 1 fully saturated rings. The maximum absolute atomic E-state index is 13.1. The number of amides is 2. The Hall–Kier alpha value is -3.10. The fourth-order valence-electron chi connectivity index (χ4n) is 3.84. The molecule has 0 aliphatic carbocycles. The third-order valence-corrected chi connectivity index (χ3v) is 7.55. The van der Waals surface area contributed by atoms with Gasteiger partial charge in [-0.05, 0) is 48.6 Å². The lowest BCUT2D eigenvalue weighted by molar-refractivity contribution is -0.123. The Kier molecular flexibility index (Phi) is 6.67. The summed E-state index contributed by atoms with van der Waals surface area (Å²) in [6.45, 7) is 0.473. The number of fused-ring (bicyclic) bond motifs is 1. The van der Waals surface area contributed by atoms with Gasteiger partial charge in [-0.1, -0.05) is 77.4 Å². The minimum Gasteiger partial charge on any atom is -0.342 e. The summed E-state index contributed by atoms with van der Waals surface area (Å²) in [6, 6.07) is 22.0. The van der Waals surface area contributed by atoms with Crippen LogP contribution in [0, 0.1) is 0 Å². The first-order chi connectivity index (χ1) is 16.9. The molecule has 0 saturated carbocycles. The van der Waals surface area contributed by atoms with E-state index in [1.165, 1.54) is 0 Å². The molecule has 0 radical (unpaired) electrons. The van der Waals surface area contributed by atoms with Crippen molar-refractivity contribution in [2.24, 2.45) is 0 Å². The summed E-state index contributed by atoms with van der Waals surface area (Å²) in [4.78, 5) is 26.1. The Morgan fingerprint density at radius 1 is 0.971 bits per heavy atom. The van der Waals surface area contributed by atoms with Crippen molar-refractivity contribution in [1.82, 2.24) is 15.0 Å². The smallest absolute Gasteiger partial charge is 0.285 e. The van der Waals surface area contributed by atoms with Gasteiger partial charge >= 0.3 is 0 Å². The highest BCUT2D eigenvalue weighted by molar-refractivity contribution is 8.26. The molecule has 0 atom stereocenters. The van der Waals surface area contributed by atoms with E-state index in [1.54, 1.807) is 30.3 Å². The molecule has 0 bridgehead atoms. The van der Waals surface area contributed by atoms with E-state index in [4.69, 9.17) is 35.4 Å². The molecule has 5 rings (SSSR count). The fraction of sp³-hybridized carbons (Fsp3) is 0.0385. The summed E-state index contributed by atoms with van der Waals surface area (Å²) in [5.74, 6) is -0.786. The summed E-state index contributed by atoms with van der Waals surface area (Å²) >= 11 is 19.3. The minimum atomic E-state index is -0.406. The average Bonchev–Trinajstić information content (AvgIpc) is 3.34. The van der Waals surface area contributed by atoms with Crippen molar-refractivity contribution in [3.8, 4) is 0 Å². The number of thioether (sulfide) groups is 1. The molecule has 3 aromatic carbocycles. The number of halogens is 2. The van der Waals surface area contributed by atoms with Crippen LogP contribution >= 0.6 is 47.2 Å². The predicted molar refractivity (Wildman–Crippen MR) is 146 cm³/mol. The summed E-state index contributed by atoms with van der Waals surface area (Å²) < 4.78 is 2.31. The number of hydrogen-bond donors (Lipinski definition) is 1. The zero-order valence-electron chi connectivity index (χ0n) is 18.1. The number of hydrogen-bond acceptors (Lipinski definition) is 4. The van der Waals surface area contributed by atoms with E-state index in [-0.39, 0.29) is 10.2 Å². The number of nitrogens with zero attached hydrogens (tertiary/aromatic N) is 2. The highest BCUT2D eigenvalue weighted by Crippen LogP contribution is 2.34. The lowest BCUT2D eigenvalue weighted by Gasteiger charge is -2.15. The maximum Gasteiger partial charge on any atom is 0.285 e. The molecule has 2 heterocycles. The van der Waals surface area contributed by atoms with Crippen LogP contribution in [0.1, 0.15) is 21.5 Å². The Balaban J connectivity index is 1.46. The van der Waals surface area contributed by atoms with E-state index in [1.807, 2.05) is 59.3 Å². The highest BCUT2D eigenvalue weighted by Gasteiger charge is 2.34. The van der Waals surface area contributed by atoms with Gasteiger partial charge in [-0.15, -0.1) is 0 Å². The van der Waals surface area contributed by atoms with Gasteiger partial charge in [0.1, 0.15) is 0 Å². The Bertz CT molecular complexity index is 1500. The summed E-state index contributed by atoms with van der Waals surface area (Å²) in [5.41, 5.74) is 5.68. The topological polar surface area (TPSA) is 54.3 Å². The molecule has 174 valence electrons. The van der Waals surface area contributed by atoms with Crippen LogP contribution < -0.4 is 5.43 Å². The van der Waals surface area contributed by atoms with E-state index >= 15 is 0 Å². The van der Waals surface area contributed by atoms with E-state index in [2.05, 4.69) is 5.43 Å². The monoisotopic (exact) mass is 537 g/mol.